The largest absolute Gasteiger partial charge is 0.344 e. The Hall–Kier alpha value is -4.18. The van der Waals surface area contributed by atoms with Gasteiger partial charge < -0.3 is 9.13 Å². The molecule has 6 rings (SSSR count). The Morgan fingerprint density at radius 2 is 1.09 bits per heavy atom. The lowest BCUT2D eigenvalue weighted by atomic mass is 10.1. The molecule has 6 aromatic rings. The minimum Gasteiger partial charge on any atom is -0.344 e. The van der Waals surface area contributed by atoms with E-state index >= 15 is 0 Å². The molecule has 0 radical (unpaired) electrons. The van der Waals surface area contributed by atoms with Crippen LogP contribution in [0.5, 0.6) is 0 Å². The van der Waals surface area contributed by atoms with E-state index in [1.807, 2.05) is 12.4 Å². The van der Waals surface area contributed by atoms with Crippen molar-refractivity contribution in [3.05, 3.63) is 96.1 Å². The van der Waals surface area contributed by atoms with Crippen molar-refractivity contribution in [3.63, 3.8) is 0 Å². The molecule has 4 aromatic carbocycles. The van der Waals surface area contributed by atoms with E-state index in [-0.39, 0.29) is 0 Å². The molecule has 4 heteroatoms. The van der Waals surface area contributed by atoms with Gasteiger partial charge in [0, 0.05) is 69.6 Å². The summed E-state index contributed by atoms with van der Waals surface area (Å²) in [5.74, 6) is 0. The molecule has 0 aliphatic heterocycles. The number of hydrogen-bond acceptors (Lipinski definition) is 2. The summed E-state index contributed by atoms with van der Waals surface area (Å²) in [7, 11) is 2.12. The minimum atomic E-state index is 0.668. The SMILES string of the molecule is CCn1c2ccccc2c2cc(C=NCC/N=C/c3ccc4c(c3)c3ccccc3n4C)ccc21. The number of aliphatic imine (C=N–C) groups is 2. The van der Waals surface area contributed by atoms with Crippen molar-refractivity contribution in [2.45, 2.75) is 13.5 Å². The summed E-state index contributed by atoms with van der Waals surface area (Å²) in [5, 5.41) is 5.13. The molecule has 0 unspecified atom stereocenters. The zero-order valence-corrected chi connectivity index (χ0v) is 20.1. The van der Waals surface area contributed by atoms with Gasteiger partial charge in [0.2, 0.25) is 0 Å². The monoisotopic (exact) mass is 456 g/mol. The molecule has 0 saturated heterocycles. The predicted molar refractivity (Wildman–Crippen MR) is 150 cm³/mol. The highest BCUT2D eigenvalue weighted by Gasteiger charge is 2.09. The Labute approximate surface area is 204 Å². The molecule has 172 valence electrons. The third-order valence-corrected chi connectivity index (χ3v) is 6.89. The first kappa shape index (κ1) is 21.4. The van der Waals surface area contributed by atoms with Crippen molar-refractivity contribution in [1.29, 1.82) is 0 Å². The van der Waals surface area contributed by atoms with Gasteiger partial charge in [-0.3, -0.25) is 9.98 Å². The number of benzene rings is 4. The Balaban J connectivity index is 1.16. The van der Waals surface area contributed by atoms with Crippen molar-refractivity contribution < 1.29 is 0 Å². The first-order valence-electron chi connectivity index (χ1n) is 12.2. The van der Waals surface area contributed by atoms with Crippen LogP contribution in [0.1, 0.15) is 18.1 Å². The molecular weight excluding hydrogens is 428 g/mol. The van der Waals surface area contributed by atoms with E-state index in [1.54, 1.807) is 0 Å². The summed E-state index contributed by atoms with van der Waals surface area (Å²) in [5.41, 5.74) is 7.31. The van der Waals surface area contributed by atoms with Crippen LogP contribution in [0.25, 0.3) is 43.6 Å². The van der Waals surface area contributed by atoms with Crippen LogP contribution in [0, 0.1) is 0 Å². The maximum absolute atomic E-state index is 4.63. The quantitative estimate of drug-likeness (QED) is 0.191. The minimum absolute atomic E-state index is 0.668. The van der Waals surface area contributed by atoms with Crippen LogP contribution >= 0.6 is 0 Å². The average Bonchev–Trinajstić information content (AvgIpc) is 3.37. The van der Waals surface area contributed by atoms with Gasteiger partial charge in [-0.15, -0.1) is 0 Å². The van der Waals surface area contributed by atoms with Gasteiger partial charge >= 0.3 is 0 Å². The molecule has 0 N–H and O–H groups in total. The number of rotatable bonds is 6. The van der Waals surface area contributed by atoms with Crippen molar-refractivity contribution in [3.8, 4) is 0 Å². The topological polar surface area (TPSA) is 34.6 Å². The van der Waals surface area contributed by atoms with Crippen molar-refractivity contribution >= 4 is 56.0 Å². The fourth-order valence-corrected chi connectivity index (χ4v) is 5.21. The first-order chi connectivity index (χ1) is 17.2. The molecule has 0 spiro atoms. The van der Waals surface area contributed by atoms with Gasteiger partial charge in [0.1, 0.15) is 0 Å². The molecule has 0 atom stereocenters. The summed E-state index contributed by atoms with van der Waals surface area (Å²) < 4.78 is 4.62. The van der Waals surface area contributed by atoms with Gasteiger partial charge in [-0.25, -0.2) is 0 Å². The molecule has 0 aliphatic rings. The van der Waals surface area contributed by atoms with E-state index in [0.29, 0.717) is 13.1 Å². The maximum Gasteiger partial charge on any atom is 0.0585 e. The van der Waals surface area contributed by atoms with Gasteiger partial charge in [0.25, 0.3) is 0 Å². The summed E-state index contributed by atoms with van der Waals surface area (Å²) >= 11 is 0. The summed E-state index contributed by atoms with van der Waals surface area (Å²) in [6, 6.07) is 30.3. The van der Waals surface area contributed by atoms with Crippen LogP contribution in [0.15, 0.2) is 94.9 Å². The average molecular weight is 457 g/mol. The number of para-hydroxylation sites is 2. The van der Waals surface area contributed by atoms with E-state index in [4.69, 9.17) is 0 Å². The zero-order valence-electron chi connectivity index (χ0n) is 20.1. The third kappa shape index (κ3) is 3.71. The van der Waals surface area contributed by atoms with Crippen molar-refractivity contribution in [1.82, 2.24) is 9.13 Å². The summed E-state index contributed by atoms with van der Waals surface area (Å²) in [6.07, 6.45) is 3.93. The number of nitrogens with zero attached hydrogens (tertiary/aromatic N) is 4. The van der Waals surface area contributed by atoms with E-state index in [0.717, 1.165) is 17.7 Å². The Bertz CT molecular complexity index is 1750. The van der Waals surface area contributed by atoms with E-state index in [2.05, 4.69) is 118 Å². The van der Waals surface area contributed by atoms with E-state index in [1.165, 1.54) is 43.6 Å². The summed E-state index contributed by atoms with van der Waals surface area (Å²) in [4.78, 5) is 9.25. The highest BCUT2D eigenvalue weighted by Crippen LogP contribution is 2.30. The molecule has 0 fully saturated rings. The standard InChI is InChI=1S/C31H28N4/c1-3-35-30-11-7-5-9-25(30)27-19-23(13-15-31(27)35)21-33-17-16-32-20-22-12-14-29-26(18-22)24-8-4-6-10-28(24)34(29)2/h4-15,18-21H,3,16-17H2,1-2H3/b32-20+,33-21?. The van der Waals surface area contributed by atoms with E-state index in [9.17, 15) is 0 Å². The number of aromatic nitrogens is 2. The molecule has 2 heterocycles. The number of hydrogen-bond donors (Lipinski definition) is 0. The second kappa shape index (κ2) is 8.88. The molecule has 0 saturated carbocycles. The van der Waals surface area contributed by atoms with Gasteiger partial charge in [-0.05, 0) is 54.4 Å². The lowest BCUT2D eigenvalue weighted by Gasteiger charge is -2.02. The number of aryl methyl sites for hydroxylation is 2. The molecular formula is C31H28N4. The smallest absolute Gasteiger partial charge is 0.0585 e. The van der Waals surface area contributed by atoms with Gasteiger partial charge in [-0.1, -0.05) is 48.5 Å². The van der Waals surface area contributed by atoms with E-state index < -0.39 is 0 Å². The molecule has 0 bridgehead atoms. The van der Waals surface area contributed by atoms with Crippen molar-refractivity contribution in [2.24, 2.45) is 17.0 Å². The predicted octanol–water partition coefficient (Wildman–Crippen LogP) is 7.00. The van der Waals surface area contributed by atoms with Crippen LogP contribution < -0.4 is 0 Å². The normalized spacial score (nSPS) is 12.4. The molecule has 35 heavy (non-hydrogen) atoms. The Kier molecular flexibility index (Phi) is 5.42. The lowest BCUT2D eigenvalue weighted by Crippen LogP contribution is -1.93. The van der Waals surface area contributed by atoms with Crippen LogP contribution in [0.4, 0.5) is 0 Å². The maximum atomic E-state index is 4.63. The lowest BCUT2D eigenvalue weighted by molar-refractivity contribution is 0.827. The highest BCUT2D eigenvalue weighted by molar-refractivity contribution is 6.10. The summed E-state index contributed by atoms with van der Waals surface area (Å²) in [6.45, 7) is 4.49. The second-order valence-corrected chi connectivity index (χ2v) is 8.96. The zero-order chi connectivity index (χ0) is 23.8. The van der Waals surface area contributed by atoms with Crippen LogP contribution in [0.2, 0.25) is 0 Å². The fourth-order valence-electron chi connectivity index (χ4n) is 5.21. The van der Waals surface area contributed by atoms with Crippen LogP contribution in [-0.2, 0) is 13.6 Å². The molecule has 0 amide bonds. The Morgan fingerprint density at radius 3 is 1.74 bits per heavy atom. The van der Waals surface area contributed by atoms with Gasteiger partial charge in [0.05, 0.1) is 13.1 Å². The first-order valence-corrected chi connectivity index (χ1v) is 12.2. The Morgan fingerprint density at radius 1 is 0.600 bits per heavy atom. The fraction of sp³-hybridized carbons (Fsp3) is 0.161. The van der Waals surface area contributed by atoms with Crippen LogP contribution in [0.3, 0.4) is 0 Å². The van der Waals surface area contributed by atoms with Crippen LogP contribution in [-0.4, -0.2) is 34.7 Å². The molecule has 2 aromatic heterocycles. The third-order valence-electron chi connectivity index (χ3n) is 6.89. The molecule has 0 aliphatic carbocycles. The number of fused-ring (bicyclic) bond motifs is 6. The highest BCUT2D eigenvalue weighted by atomic mass is 15.0. The second-order valence-electron chi connectivity index (χ2n) is 8.96. The van der Waals surface area contributed by atoms with Gasteiger partial charge in [-0.2, -0.15) is 0 Å². The van der Waals surface area contributed by atoms with Crippen molar-refractivity contribution in [2.75, 3.05) is 13.1 Å². The molecule has 4 nitrogen and oxygen atoms in total. The van der Waals surface area contributed by atoms with Gasteiger partial charge in [0.15, 0.2) is 0 Å².